The molecule has 0 aromatic carbocycles. The van der Waals surface area contributed by atoms with Crippen LogP contribution in [0.4, 0.5) is 5.82 Å². The van der Waals surface area contributed by atoms with Crippen molar-refractivity contribution in [2.45, 2.75) is 49.3 Å². The van der Waals surface area contributed by atoms with Gasteiger partial charge >= 0.3 is 0 Å². The molecule has 5 heterocycles. The van der Waals surface area contributed by atoms with E-state index in [2.05, 4.69) is 31.8 Å². The molecule has 4 atom stereocenters. The molecular formula is C18H27N7O3. The number of nitrogens with two attached hydrogens (primary N) is 1. The topological polar surface area (TPSA) is 126 Å². The number of rotatable bonds is 3. The van der Waals surface area contributed by atoms with Crippen molar-refractivity contribution in [2.75, 3.05) is 39.0 Å². The number of fused-ring (bicyclic) bond motifs is 1. The van der Waals surface area contributed by atoms with E-state index < -0.39 is 24.5 Å². The van der Waals surface area contributed by atoms with Crippen LogP contribution in [-0.4, -0.2) is 96.6 Å². The summed E-state index contributed by atoms with van der Waals surface area (Å²) in [5, 5.41) is 21.3. The van der Waals surface area contributed by atoms with Crippen LogP contribution in [-0.2, 0) is 4.74 Å². The van der Waals surface area contributed by atoms with E-state index in [4.69, 9.17) is 10.5 Å². The number of nitrogen functional groups attached to an aromatic ring is 1. The first-order valence-corrected chi connectivity index (χ1v) is 9.87. The number of hydrogen-bond acceptors (Lipinski definition) is 9. The average molecular weight is 389 g/mol. The number of nitrogens with zero attached hydrogens (tertiary/aromatic N) is 6. The monoisotopic (exact) mass is 389 g/mol. The van der Waals surface area contributed by atoms with Gasteiger partial charge in [-0.2, -0.15) is 0 Å². The molecule has 0 saturated carbocycles. The van der Waals surface area contributed by atoms with Gasteiger partial charge < -0.3 is 25.6 Å². The van der Waals surface area contributed by atoms with Gasteiger partial charge in [0.1, 0.15) is 30.2 Å². The molecule has 3 aliphatic heterocycles. The maximum Gasteiger partial charge on any atom is 0.167 e. The highest BCUT2D eigenvalue weighted by molar-refractivity contribution is 5.81. The minimum absolute atomic E-state index is 0.224. The minimum Gasteiger partial charge on any atom is -0.387 e. The van der Waals surface area contributed by atoms with Crippen LogP contribution in [0.15, 0.2) is 12.7 Å². The normalized spacial score (nSPS) is 33.5. The number of likely N-dealkylation sites (tertiary alicyclic amines) is 2. The molecule has 0 aliphatic carbocycles. The highest BCUT2D eigenvalue weighted by Crippen LogP contribution is 2.41. The zero-order valence-corrected chi connectivity index (χ0v) is 16.0. The van der Waals surface area contributed by atoms with E-state index in [1.165, 1.54) is 19.1 Å². The fourth-order valence-electron chi connectivity index (χ4n) is 4.86. The Morgan fingerprint density at radius 3 is 2.61 bits per heavy atom. The lowest BCUT2D eigenvalue weighted by atomic mass is 9.76. The third kappa shape index (κ3) is 2.71. The van der Waals surface area contributed by atoms with Crippen molar-refractivity contribution >= 4 is 17.0 Å². The zero-order chi connectivity index (χ0) is 19.5. The van der Waals surface area contributed by atoms with Crippen molar-refractivity contribution < 1.29 is 14.9 Å². The van der Waals surface area contributed by atoms with Crippen LogP contribution >= 0.6 is 0 Å². The lowest BCUT2D eigenvalue weighted by Gasteiger charge is -2.57. The van der Waals surface area contributed by atoms with E-state index in [-0.39, 0.29) is 11.4 Å². The second kappa shape index (κ2) is 6.60. The Kier molecular flexibility index (Phi) is 4.29. The number of aromatic nitrogens is 4. The predicted octanol–water partition coefficient (Wildman–Crippen LogP) is -0.802. The summed E-state index contributed by atoms with van der Waals surface area (Å²) in [4.78, 5) is 17.2. The Balaban J connectivity index is 1.33. The van der Waals surface area contributed by atoms with Crippen LogP contribution in [0.5, 0.6) is 0 Å². The Morgan fingerprint density at radius 1 is 1.14 bits per heavy atom. The first kappa shape index (κ1) is 18.2. The molecule has 2 aromatic rings. The van der Waals surface area contributed by atoms with Gasteiger partial charge in [0.05, 0.1) is 6.33 Å². The largest absolute Gasteiger partial charge is 0.387 e. The molecule has 0 unspecified atom stereocenters. The predicted molar refractivity (Wildman–Crippen MR) is 101 cm³/mol. The Labute approximate surface area is 162 Å². The molecule has 3 saturated heterocycles. The van der Waals surface area contributed by atoms with Gasteiger partial charge in [-0.15, -0.1) is 0 Å². The number of ether oxygens (including phenoxy) is 1. The molecule has 3 aliphatic rings. The summed E-state index contributed by atoms with van der Waals surface area (Å²) in [6.45, 7) is 3.81. The van der Waals surface area contributed by atoms with Crippen LogP contribution < -0.4 is 5.73 Å². The van der Waals surface area contributed by atoms with Crippen LogP contribution in [0.1, 0.15) is 25.5 Å². The number of imidazole rings is 1. The van der Waals surface area contributed by atoms with Crippen LogP contribution in [0, 0.1) is 0 Å². The Hall–Kier alpha value is -1.85. The molecule has 5 rings (SSSR count). The number of aliphatic hydroxyl groups is 2. The molecule has 1 spiro atoms. The molecule has 152 valence electrons. The molecule has 10 nitrogen and oxygen atoms in total. The Morgan fingerprint density at radius 2 is 1.89 bits per heavy atom. The quantitative estimate of drug-likeness (QED) is 0.618. The van der Waals surface area contributed by atoms with Crippen molar-refractivity contribution in [2.24, 2.45) is 0 Å². The third-order valence-corrected chi connectivity index (χ3v) is 6.83. The molecule has 0 radical (unpaired) electrons. The first-order chi connectivity index (χ1) is 13.5. The van der Waals surface area contributed by atoms with Gasteiger partial charge in [0.2, 0.25) is 0 Å². The zero-order valence-electron chi connectivity index (χ0n) is 16.0. The van der Waals surface area contributed by atoms with Gasteiger partial charge in [0, 0.05) is 18.6 Å². The molecule has 0 bridgehead atoms. The number of anilines is 1. The summed E-state index contributed by atoms with van der Waals surface area (Å²) in [6.07, 6.45) is 3.11. The lowest BCUT2D eigenvalue weighted by Crippen LogP contribution is -2.65. The van der Waals surface area contributed by atoms with Crippen molar-refractivity contribution in [1.82, 2.24) is 29.3 Å². The van der Waals surface area contributed by atoms with Gasteiger partial charge in [0.25, 0.3) is 0 Å². The SMILES string of the molecule is CN1CCC2(CC1)CCN2C[C@H]1O[C@@H](n2cnc3c(N)ncnc32)[C@H](O)[C@@H]1O. The smallest absolute Gasteiger partial charge is 0.167 e. The standard InChI is InChI=1S/C18H27N7O3/c1-23-5-2-18(3-6-23)4-7-24(18)8-11-13(26)14(27)17(28-11)25-10-22-12-15(19)20-9-21-16(12)25/h9-11,13-14,17,26-27H,2-8H2,1H3,(H2,19,20,21)/t11-,13-,14-,17-/m1/s1. The molecule has 0 amide bonds. The fraction of sp³-hybridized carbons (Fsp3) is 0.722. The summed E-state index contributed by atoms with van der Waals surface area (Å²) in [7, 11) is 2.16. The molecule has 4 N–H and O–H groups in total. The number of piperidine rings is 1. The van der Waals surface area contributed by atoms with Gasteiger partial charge in [-0.05, 0) is 39.4 Å². The number of aliphatic hydroxyl groups excluding tert-OH is 2. The summed E-state index contributed by atoms with van der Waals surface area (Å²) in [5.41, 5.74) is 7.02. The van der Waals surface area contributed by atoms with E-state index in [0.717, 1.165) is 32.5 Å². The Bertz CT molecular complexity index is 866. The summed E-state index contributed by atoms with van der Waals surface area (Å²) >= 11 is 0. The molecule has 2 aromatic heterocycles. The van der Waals surface area contributed by atoms with E-state index in [1.54, 1.807) is 4.57 Å². The number of hydrogen-bond donors (Lipinski definition) is 3. The highest BCUT2D eigenvalue weighted by Gasteiger charge is 2.50. The maximum atomic E-state index is 10.6. The summed E-state index contributed by atoms with van der Waals surface area (Å²) in [5.74, 6) is 0.276. The van der Waals surface area contributed by atoms with Crippen LogP contribution in [0.2, 0.25) is 0 Å². The van der Waals surface area contributed by atoms with Crippen molar-refractivity contribution in [1.29, 1.82) is 0 Å². The molecular weight excluding hydrogens is 362 g/mol. The van der Waals surface area contributed by atoms with Crippen molar-refractivity contribution in [3.63, 3.8) is 0 Å². The summed E-state index contributed by atoms with van der Waals surface area (Å²) in [6, 6.07) is 0. The fourth-order valence-corrected chi connectivity index (χ4v) is 4.86. The van der Waals surface area contributed by atoms with Crippen molar-refractivity contribution in [3.8, 4) is 0 Å². The lowest BCUT2D eigenvalue weighted by molar-refractivity contribution is -0.104. The first-order valence-electron chi connectivity index (χ1n) is 9.87. The summed E-state index contributed by atoms with van der Waals surface area (Å²) < 4.78 is 7.74. The van der Waals surface area contributed by atoms with E-state index in [1.807, 2.05) is 0 Å². The van der Waals surface area contributed by atoms with E-state index in [9.17, 15) is 10.2 Å². The molecule has 10 heteroatoms. The van der Waals surface area contributed by atoms with E-state index in [0.29, 0.717) is 17.7 Å². The van der Waals surface area contributed by atoms with Gasteiger partial charge in [-0.25, -0.2) is 15.0 Å². The third-order valence-electron chi connectivity index (χ3n) is 6.83. The van der Waals surface area contributed by atoms with E-state index >= 15 is 0 Å². The molecule has 28 heavy (non-hydrogen) atoms. The van der Waals surface area contributed by atoms with Gasteiger partial charge in [-0.1, -0.05) is 0 Å². The van der Waals surface area contributed by atoms with Gasteiger partial charge in [-0.3, -0.25) is 9.47 Å². The second-order valence-corrected chi connectivity index (χ2v) is 8.35. The van der Waals surface area contributed by atoms with Crippen LogP contribution in [0.3, 0.4) is 0 Å². The minimum atomic E-state index is -1.06. The van der Waals surface area contributed by atoms with Gasteiger partial charge in [0.15, 0.2) is 17.7 Å². The second-order valence-electron chi connectivity index (χ2n) is 8.35. The average Bonchev–Trinajstić information content (AvgIpc) is 3.23. The highest BCUT2D eigenvalue weighted by atomic mass is 16.6. The maximum absolute atomic E-state index is 10.6. The van der Waals surface area contributed by atoms with Crippen LogP contribution in [0.25, 0.3) is 11.2 Å². The van der Waals surface area contributed by atoms with Crippen molar-refractivity contribution in [3.05, 3.63) is 12.7 Å². The molecule has 3 fully saturated rings.